The van der Waals surface area contributed by atoms with Gasteiger partial charge in [-0.25, -0.2) is 0 Å². The van der Waals surface area contributed by atoms with Crippen molar-refractivity contribution in [1.29, 1.82) is 0 Å². The topological polar surface area (TPSA) is 96.9 Å². The minimum absolute atomic E-state index is 0.0513. The Morgan fingerprint density at radius 3 is 2.51 bits per heavy atom. The molecule has 9 nitrogen and oxygen atoms in total. The number of hydrogen-bond donors (Lipinski definition) is 1. The number of amides is 1. The molecule has 3 heterocycles. The minimum atomic E-state index is -4.75. The number of hydrogen-bond acceptors (Lipinski definition) is 7. The summed E-state index contributed by atoms with van der Waals surface area (Å²) in [5.74, 6) is 0.654. The Morgan fingerprint density at radius 1 is 1.11 bits per heavy atom. The summed E-state index contributed by atoms with van der Waals surface area (Å²) in [5.41, 5.74) is 2.21. The molecule has 4 aromatic rings. The van der Waals surface area contributed by atoms with Crippen molar-refractivity contribution in [2.45, 2.75) is 26.4 Å². The van der Waals surface area contributed by atoms with E-state index in [1.165, 1.54) is 24.3 Å². The average molecular weight is 515 g/mol. The zero-order valence-electron chi connectivity index (χ0n) is 19.9. The van der Waals surface area contributed by atoms with E-state index in [4.69, 9.17) is 4.52 Å². The zero-order valence-corrected chi connectivity index (χ0v) is 19.9. The molecule has 0 saturated carbocycles. The first-order valence-corrected chi connectivity index (χ1v) is 11.6. The van der Waals surface area contributed by atoms with Crippen LogP contribution in [0.5, 0.6) is 11.6 Å². The Balaban J connectivity index is 1.33. The maximum atomic E-state index is 12.4. The van der Waals surface area contributed by atoms with Crippen LogP contribution in [0.1, 0.15) is 17.0 Å². The molecule has 1 N–H and O–H groups in total. The second kappa shape index (κ2) is 9.77. The van der Waals surface area contributed by atoms with E-state index in [2.05, 4.69) is 19.8 Å². The van der Waals surface area contributed by atoms with Crippen molar-refractivity contribution in [3.05, 3.63) is 59.5 Å². The molecule has 194 valence electrons. The third-order valence-electron chi connectivity index (χ3n) is 6.30. The molecular formula is C25H24F3N5O4. The van der Waals surface area contributed by atoms with Crippen molar-refractivity contribution < 1.29 is 32.3 Å². The Morgan fingerprint density at radius 2 is 1.84 bits per heavy atom. The van der Waals surface area contributed by atoms with Gasteiger partial charge in [0.2, 0.25) is 6.41 Å². The number of alkyl halides is 3. The fourth-order valence-electron chi connectivity index (χ4n) is 4.49. The Labute approximate surface area is 209 Å². The number of carbonyl (C=O) groups is 1. The lowest BCUT2D eigenvalue weighted by Gasteiger charge is -2.31. The standard InChI is InChI=1S/C25H24F3N5O4/c1-16-10-18(23-29-21(30-37-23)14-31-6-8-32(15-34)9-7-31)11-19-13-33(24(35)22(16)19)12-17-2-4-20(5-3-17)36-25(26,27)28/h2-5,10-11,13,15,35H,6-9,12,14H2,1H3. The molecule has 2 aromatic heterocycles. The molecule has 0 radical (unpaired) electrons. The Hall–Kier alpha value is -4.06. The molecule has 1 saturated heterocycles. The van der Waals surface area contributed by atoms with Gasteiger partial charge >= 0.3 is 6.36 Å². The summed E-state index contributed by atoms with van der Waals surface area (Å²) >= 11 is 0. The molecule has 0 spiro atoms. The second-order valence-corrected chi connectivity index (χ2v) is 8.96. The van der Waals surface area contributed by atoms with Gasteiger partial charge in [-0.1, -0.05) is 17.3 Å². The number of halogens is 3. The lowest BCUT2D eigenvalue weighted by atomic mass is 10.1. The van der Waals surface area contributed by atoms with Gasteiger partial charge in [0, 0.05) is 48.7 Å². The molecule has 12 heteroatoms. The van der Waals surface area contributed by atoms with Crippen LogP contribution in [0.3, 0.4) is 0 Å². The number of piperazine rings is 1. The molecule has 0 bridgehead atoms. The minimum Gasteiger partial charge on any atom is -0.494 e. The van der Waals surface area contributed by atoms with Crippen molar-refractivity contribution in [2.75, 3.05) is 26.2 Å². The highest BCUT2D eigenvalue weighted by Crippen LogP contribution is 2.34. The van der Waals surface area contributed by atoms with Gasteiger partial charge in [0.25, 0.3) is 5.89 Å². The van der Waals surface area contributed by atoms with E-state index in [1.54, 1.807) is 15.7 Å². The number of fused-ring (bicyclic) bond motifs is 1. The number of benzene rings is 2. The van der Waals surface area contributed by atoms with E-state index in [1.807, 2.05) is 19.1 Å². The van der Waals surface area contributed by atoms with Gasteiger partial charge in [-0.05, 0) is 42.3 Å². The van der Waals surface area contributed by atoms with E-state index < -0.39 is 6.36 Å². The molecule has 1 aliphatic heterocycles. The molecule has 1 fully saturated rings. The third kappa shape index (κ3) is 5.53. The van der Waals surface area contributed by atoms with Crippen LogP contribution in [0.15, 0.2) is 47.1 Å². The highest BCUT2D eigenvalue weighted by molar-refractivity contribution is 5.93. The van der Waals surface area contributed by atoms with Gasteiger partial charge in [0.05, 0.1) is 13.1 Å². The summed E-state index contributed by atoms with van der Waals surface area (Å²) in [7, 11) is 0. The SMILES string of the molecule is Cc1cc(-c2nc(CN3CCN(C=O)CC3)no2)cc2cn(Cc3ccc(OC(F)(F)F)cc3)c(O)c12. The third-order valence-corrected chi connectivity index (χ3v) is 6.30. The number of rotatable bonds is 7. The van der Waals surface area contributed by atoms with Gasteiger partial charge in [-0.15, -0.1) is 13.2 Å². The fourth-order valence-corrected chi connectivity index (χ4v) is 4.49. The molecule has 0 aliphatic carbocycles. The molecule has 2 aromatic carbocycles. The number of nitrogens with zero attached hydrogens (tertiary/aromatic N) is 5. The highest BCUT2D eigenvalue weighted by atomic mass is 19.4. The first-order valence-electron chi connectivity index (χ1n) is 11.6. The van der Waals surface area contributed by atoms with E-state index in [0.29, 0.717) is 47.9 Å². The summed E-state index contributed by atoms with van der Waals surface area (Å²) in [6, 6.07) is 9.21. The van der Waals surface area contributed by atoms with E-state index in [9.17, 15) is 23.1 Å². The van der Waals surface area contributed by atoms with Gasteiger partial charge in [0.1, 0.15) is 5.75 Å². The van der Waals surface area contributed by atoms with Crippen molar-refractivity contribution in [3.8, 4) is 23.1 Å². The predicted octanol–water partition coefficient (Wildman–Crippen LogP) is 3.93. The molecule has 0 unspecified atom stereocenters. The monoisotopic (exact) mass is 515 g/mol. The second-order valence-electron chi connectivity index (χ2n) is 8.96. The number of aromatic nitrogens is 3. The summed E-state index contributed by atoms with van der Waals surface area (Å²) in [4.78, 5) is 19.3. The van der Waals surface area contributed by atoms with Crippen molar-refractivity contribution in [2.24, 2.45) is 0 Å². The predicted molar refractivity (Wildman–Crippen MR) is 127 cm³/mol. The summed E-state index contributed by atoms with van der Waals surface area (Å²) < 4.78 is 48.2. The van der Waals surface area contributed by atoms with Gasteiger partial charge in [-0.3, -0.25) is 9.69 Å². The van der Waals surface area contributed by atoms with Crippen LogP contribution in [-0.2, 0) is 17.9 Å². The molecule has 1 amide bonds. The smallest absolute Gasteiger partial charge is 0.494 e. The van der Waals surface area contributed by atoms with Crippen LogP contribution in [0.2, 0.25) is 0 Å². The van der Waals surface area contributed by atoms with Crippen molar-refractivity contribution in [1.82, 2.24) is 24.5 Å². The molecule has 1 aliphatic rings. The summed E-state index contributed by atoms with van der Waals surface area (Å²) in [6.45, 7) is 5.43. The molecule has 0 atom stereocenters. The summed E-state index contributed by atoms with van der Waals surface area (Å²) in [6.07, 6.45) is -2.12. The zero-order chi connectivity index (χ0) is 26.2. The van der Waals surface area contributed by atoms with Crippen LogP contribution in [0.25, 0.3) is 22.2 Å². The Kier molecular flexibility index (Phi) is 6.50. The van der Waals surface area contributed by atoms with E-state index in [0.717, 1.165) is 30.4 Å². The quantitative estimate of drug-likeness (QED) is 0.373. The van der Waals surface area contributed by atoms with Crippen LogP contribution in [0, 0.1) is 6.92 Å². The number of ether oxygens (including phenoxy) is 1. The number of aryl methyl sites for hydroxylation is 1. The van der Waals surface area contributed by atoms with Crippen LogP contribution < -0.4 is 4.74 Å². The first kappa shape index (κ1) is 24.6. The maximum Gasteiger partial charge on any atom is 0.573 e. The Bertz CT molecular complexity index is 1410. The fraction of sp³-hybridized carbons (Fsp3) is 0.320. The van der Waals surface area contributed by atoms with E-state index in [-0.39, 0.29) is 18.2 Å². The average Bonchev–Trinajstić information content (AvgIpc) is 3.44. The number of aromatic hydroxyl groups is 1. The number of carbonyl (C=O) groups excluding carboxylic acids is 1. The van der Waals surface area contributed by atoms with E-state index >= 15 is 0 Å². The molecular weight excluding hydrogens is 491 g/mol. The molecule has 5 rings (SSSR count). The van der Waals surface area contributed by atoms with Crippen molar-refractivity contribution in [3.63, 3.8) is 0 Å². The van der Waals surface area contributed by atoms with Crippen LogP contribution in [0.4, 0.5) is 13.2 Å². The lowest BCUT2D eigenvalue weighted by molar-refractivity contribution is -0.274. The van der Waals surface area contributed by atoms with Gasteiger partial charge < -0.3 is 23.8 Å². The normalized spacial score (nSPS) is 14.9. The molecule has 37 heavy (non-hydrogen) atoms. The largest absolute Gasteiger partial charge is 0.573 e. The lowest BCUT2D eigenvalue weighted by Crippen LogP contribution is -2.45. The highest BCUT2D eigenvalue weighted by Gasteiger charge is 2.31. The van der Waals surface area contributed by atoms with Gasteiger partial charge in [-0.2, -0.15) is 4.98 Å². The maximum absolute atomic E-state index is 12.4. The summed E-state index contributed by atoms with van der Waals surface area (Å²) in [5, 5.41) is 16.3. The van der Waals surface area contributed by atoms with Gasteiger partial charge in [0.15, 0.2) is 11.7 Å². The van der Waals surface area contributed by atoms with Crippen LogP contribution in [-0.4, -0.2) is 68.6 Å². The first-order chi connectivity index (χ1) is 17.7. The van der Waals surface area contributed by atoms with Crippen molar-refractivity contribution >= 4 is 17.2 Å². The van der Waals surface area contributed by atoms with Crippen LogP contribution >= 0.6 is 0 Å².